The van der Waals surface area contributed by atoms with Crippen LogP contribution in [0.25, 0.3) is 0 Å². The Morgan fingerprint density at radius 3 is 1.36 bits per heavy atom. The van der Waals surface area contributed by atoms with Crippen LogP contribution in [0.2, 0.25) is 0 Å². The molecule has 14 heavy (non-hydrogen) atoms. The summed E-state index contributed by atoms with van der Waals surface area (Å²) in [5.74, 6) is 5.53. The van der Waals surface area contributed by atoms with E-state index < -0.39 is 0 Å². The molecule has 1 aliphatic carbocycles. The molecule has 1 rings (SSSR count). The maximum absolute atomic E-state index is 5.53. The van der Waals surface area contributed by atoms with Gasteiger partial charge in [-0.25, -0.2) is 0 Å². The summed E-state index contributed by atoms with van der Waals surface area (Å²) in [6.07, 6.45) is 15.3. The van der Waals surface area contributed by atoms with Gasteiger partial charge in [0.25, 0.3) is 0 Å². The Morgan fingerprint density at radius 1 is 0.643 bits per heavy atom. The van der Waals surface area contributed by atoms with E-state index in [1.54, 1.807) is 0 Å². The number of rotatable bonds is 1. The molecule has 0 radical (unpaired) electrons. The van der Waals surface area contributed by atoms with Crippen molar-refractivity contribution in [3.63, 3.8) is 0 Å². The van der Waals surface area contributed by atoms with E-state index in [1.165, 1.54) is 70.6 Å². The van der Waals surface area contributed by atoms with Crippen LogP contribution in [0, 0.1) is 0 Å². The molecule has 0 aromatic rings. The summed E-state index contributed by atoms with van der Waals surface area (Å²) in [4.78, 5) is 0. The Balaban J connectivity index is 2.17. The molecule has 0 atom stereocenters. The van der Waals surface area contributed by atoms with Crippen LogP contribution in [0.15, 0.2) is 0 Å². The summed E-state index contributed by atoms with van der Waals surface area (Å²) in [6.45, 7) is 0. The molecule has 1 aliphatic rings. The van der Waals surface area contributed by atoms with E-state index >= 15 is 0 Å². The average Bonchev–Trinajstić information content (AvgIpc) is 2.19. The van der Waals surface area contributed by atoms with Crippen LogP contribution in [-0.4, -0.2) is 6.04 Å². The zero-order valence-corrected chi connectivity index (χ0v) is 9.43. The molecule has 2 nitrogen and oxygen atoms in total. The van der Waals surface area contributed by atoms with Crippen LogP contribution in [0.4, 0.5) is 0 Å². The number of hydrazine groups is 1. The summed E-state index contributed by atoms with van der Waals surface area (Å²) < 4.78 is 0. The molecule has 2 heteroatoms. The first kappa shape index (κ1) is 12.0. The minimum atomic E-state index is 0.578. The highest BCUT2D eigenvalue weighted by atomic mass is 15.2. The normalized spacial score (nSPS) is 23.8. The van der Waals surface area contributed by atoms with Gasteiger partial charge in [-0.15, -0.1) is 0 Å². The monoisotopic (exact) mass is 198 g/mol. The first-order valence-corrected chi connectivity index (χ1v) is 6.39. The van der Waals surface area contributed by atoms with Gasteiger partial charge in [-0.3, -0.25) is 11.3 Å². The van der Waals surface area contributed by atoms with Crippen LogP contribution in [0.1, 0.15) is 70.6 Å². The van der Waals surface area contributed by atoms with Crippen LogP contribution in [0.3, 0.4) is 0 Å². The molecule has 1 fully saturated rings. The molecule has 0 heterocycles. The standard InChI is InChI=1S/C12H26N2/c13-14-12-10-8-6-4-2-1-3-5-7-9-11-12/h12,14H,1-11,13H2. The minimum absolute atomic E-state index is 0.578. The Kier molecular flexibility index (Phi) is 7.06. The predicted molar refractivity (Wildman–Crippen MR) is 61.9 cm³/mol. The fourth-order valence-electron chi connectivity index (χ4n) is 2.33. The number of nitrogens with one attached hydrogen (secondary N) is 1. The van der Waals surface area contributed by atoms with E-state index in [4.69, 9.17) is 5.84 Å². The first-order valence-electron chi connectivity index (χ1n) is 6.39. The van der Waals surface area contributed by atoms with Crippen LogP contribution in [0.5, 0.6) is 0 Å². The van der Waals surface area contributed by atoms with Gasteiger partial charge in [-0.1, -0.05) is 57.8 Å². The molecule has 84 valence electrons. The summed E-state index contributed by atoms with van der Waals surface area (Å²) in [6, 6.07) is 0.578. The molecule has 3 N–H and O–H groups in total. The topological polar surface area (TPSA) is 38.0 Å². The smallest absolute Gasteiger partial charge is 0.0210 e. The van der Waals surface area contributed by atoms with Gasteiger partial charge >= 0.3 is 0 Å². The molecule has 0 amide bonds. The second-order valence-electron chi connectivity index (χ2n) is 4.62. The van der Waals surface area contributed by atoms with Gasteiger partial charge in [0, 0.05) is 6.04 Å². The third-order valence-electron chi connectivity index (χ3n) is 3.34. The van der Waals surface area contributed by atoms with Crippen molar-refractivity contribution in [2.24, 2.45) is 5.84 Å². The minimum Gasteiger partial charge on any atom is -0.271 e. The lowest BCUT2D eigenvalue weighted by Gasteiger charge is -2.16. The molecule has 0 saturated heterocycles. The SMILES string of the molecule is NNC1CCCCCCCCCCC1. The van der Waals surface area contributed by atoms with Crippen LogP contribution < -0.4 is 11.3 Å². The number of hydrogen-bond acceptors (Lipinski definition) is 2. The van der Waals surface area contributed by atoms with Gasteiger partial charge in [-0.2, -0.15) is 0 Å². The Labute approximate surface area is 88.6 Å². The highest BCUT2D eigenvalue weighted by molar-refractivity contribution is 4.64. The molecule has 0 spiro atoms. The fourth-order valence-corrected chi connectivity index (χ4v) is 2.33. The highest BCUT2D eigenvalue weighted by Gasteiger charge is 2.06. The molecule has 0 aromatic heterocycles. The Hall–Kier alpha value is -0.0800. The molecule has 1 saturated carbocycles. The van der Waals surface area contributed by atoms with Gasteiger partial charge in [0.15, 0.2) is 0 Å². The molecule has 0 bridgehead atoms. The Bertz CT molecular complexity index is 113. The van der Waals surface area contributed by atoms with Crippen molar-refractivity contribution in [1.29, 1.82) is 0 Å². The summed E-state index contributed by atoms with van der Waals surface area (Å²) in [5, 5.41) is 0. The van der Waals surface area contributed by atoms with Crippen molar-refractivity contribution in [3.8, 4) is 0 Å². The fraction of sp³-hybridized carbons (Fsp3) is 1.00. The quantitative estimate of drug-likeness (QED) is 0.502. The van der Waals surface area contributed by atoms with Gasteiger partial charge in [0.2, 0.25) is 0 Å². The maximum atomic E-state index is 5.53. The van der Waals surface area contributed by atoms with Gasteiger partial charge in [0.05, 0.1) is 0 Å². The summed E-state index contributed by atoms with van der Waals surface area (Å²) in [7, 11) is 0. The Morgan fingerprint density at radius 2 is 1.00 bits per heavy atom. The zero-order chi connectivity index (χ0) is 10.1. The van der Waals surface area contributed by atoms with Gasteiger partial charge in [0.1, 0.15) is 0 Å². The molecule has 0 unspecified atom stereocenters. The lowest BCUT2D eigenvalue weighted by Crippen LogP contribution is -2.34. The van der Waals surface area contributed by atoms with Crippen molar-refractivity contribution in [1.82, 2.24) is 5.43 Å². The third-order valence-corrected chi connectivity index (χ3v) is 3.34. The van der Waals surface area contributed by atoms with E-state index in [2.05, 4.69) is 5.43 Å². The second kappa shape index (κ2) is 8.25. The van der Waals surface area contributed by atoms with E-state index in [9.17, 15) is 0 Å². The molecule has 0 aromatic carbocycles. The largest absolute Gasteiger partial charge is 0.271 e. The summed E-state index contributed by atoms with van der Waals surface area (Å²) >= 11 is 0. The second-order valence-corrected chi connectivity index (χ2v) is 4.62. The van der Waals surface area contributed by atoms with Crippen molar-refractivity contribution in [2.75, 3.05) is 0 Å². The van der Waals surface area contributed by atoms with Gasteiger partial charge < -0.3 is 0 Å². The lowest BCUT2D eigenvalue weighted by molar-refractivity contribution is 0.410. The molecule has 0 aliphatic heterocycles. The van der Waals surface area contributed by atoms with Gasteiger partial charge in [-0.05, 0) is 12.8 Å². The number of nitrogens with two attached hydrogens (primary N) is 1. The maximum Gasteiger partial charge on any atom is 0.0210 e. The van der Waals surface area contributed by atoms with Crippen molar-refractivity contribution >= 4 is 0 Å². The average molecular weight is 198 g/mol. The van der Waals surface area contributed by atoms with Crippen molar-refractivity contribution in [2.45, 2.75) is 76.7 Å². The van der Waals surface area contributed by atoms with E-state index in [0.29, 0.717) is 6.04 Å². The lowest BCUT2D eigenvalue weighted by atomic mass is 9.98. The van der Waals surface area contributed by atoms with Crippen LogP contribution >= 0.6 is 0 Å². The highest BCUT2D eigenvalue weighted by Crippen LogP contribution is 2.16. The van der Waals surface area contributed by atoms with E-state index in [0.717, 1.165) is 0 Å². The van der Waals surface area contributed by atoms with Crippen LogP contribution in [-0.2, 0) is 0 Å². The zero-order valence-electron chi connectivity index (χ0n) is 9.43. The van der Waals surface area contributed by atoms with E-state index in [-0.39, 0.29) is 0 Å². The predicted octanol–water partition coefficient (Wildman–Crippen LogP) is 3.12. The molecular formula is C12H26N2. The third kappa shape index (κ3) is 5.61. The first-order chi connectivity index (χ1) is 6.93. The van der Waals surface area contributed by atoms with Crippen molar-refractivity contribution in [3.05, 3.63) is 0 Å². The van der Waals surface area contributed by atoms with Crippen molar-refractivity contribution < 1.29 is 0 Å². The summed E-state index contributed by atoms with van der Waals surface area (Å²) in [5.41, 5.74) is 2.96. The number of hydrogen-bond donors (Lipinski definition) is 2. The molecular weight excluding hydrogens is 172 g/mol. The van der Waals surface area contributed by atoms with E-state index in [1.807, 2.05) is 0 Å².